The van der Waals surface area contributed by atoms with Crippen molar-refractivity contribution < 1.29 is 5.11 Å². The molecule has 0 spiro atoms. The summed E-state index contributed by atoms with van der Waals surface area (Å²) < 4.78 is 0. The summed E-state index contributed by atoms with van der Waals surface area (Å²) in [5.74, 6) is 0. The van der Waals surface area contributed by atoms with Crippen molar-refractivity contribution in [3.05, 3.63) is 35.4 Å². The van der Waals surface area contributed by atoms with Gasteiger partial charge in [-0.3, -0.25) is 0 Å². The zero-order valence-electron chi connectivity index (χ0n) is 10.7. The highest BCUT2D eigenvalue weighted by Gasteiger charge is 2.17. The van der Waals surface area contributed by atoms with Crippen LogP contribution in [-0.4, -0.2) is 18.3 Å². The van der Waals surface area contributed by atoms with Gasteiger partial charge in [-0.05, 0) is 24.6 Å². The van der Waals surface area contributed by atoms with E-state index >= 15 is 0 Å². The summed E-state index contributed by atoms with van der Waals surface area (Å²) in [6, 6.07) is 9.89. The topological polar surface area (TPSA) is 56.0 Å². The van der Waals surface area contributed by atoms with Crippen LogP contribution in [0.15, 0.2) is 24.3 Å². The molecule has 1 aromatic rings. The van der Waals surface area contributed by atoms with E-state index in [1.54, 1.807) is 0 Å². The molecule has 0 bridgehead atoms. The monoisotopic (exact) mass is 232 g/mol. The quantitative estimate of drug-likeness (QED) is 0.818. The van der Waals surface area contributed by atoms with Crippen molar-refractivity contribution in [1.29, 1.82) is 5.26 Å². The Balaban J connectivity index is 2.58. The number of nitrogens with one attached hydrogen (secondary N) is 1. The van der Waals surface area contributed by atoms with E-state index in [1.165, 1.54) is 0 Å². The number of nitrogens with zero attached hydrogens (tertiary/aromatic N) is 1. The van der Waals surface area contributed by atoms with Gasteiger partial charge in [-0.1, -0.05) is 26.0 Å². The Morgan fingerprint density at radius 2 is 1.94 bits per heavy atom. The second-order valence-corrected chi connectivity index (χ2v) is 5.16. The van der Waals surface area contributed by atoms with Crippen LogP contribution < -0.4 is 5.32 Å². The highest BCUT2D eigenvalue weighted by Crippen LogP contribution is 2.17. The summed E-state index contributed by atoms with van der Waals surface area (Å²) in [5, 5.41) is 21.3. The van der Waals surface area contributed by atoms with Crippen LogP contribution in [-0.2, 0) is 0 Å². The number of rotatable bonds is 5. The standard InChI is InChI=1S/C14H20N2O/c1-11(16-9-14(2,3)10-17)13-6-4-12(8-15)5-7-13/h4-7,11,16-17H,9-10H2,1-3H3. The predicted molar refractivity (Wildman–Crippen MR) is 68.4 cm³/mol. The number of hydrogen-bond acceptors (Lipinski definition) is 3. The van der Waals surface area contributed by atoms with E-state index in [1.807, 2.05) is 38.1 Å². The Morgan fingerprint density at radius 1 is 1.35 bits per heavy atom. The first kappa shape index (κ1) is 13.7. The first-order chi connectivity index (χ1) is 7.98. The van der Waals surface area contributed by atoms with Gasteiger partial charge in [-0.15, -0.1) is 0 Å². The third-order valence-corrected chi connectivity index (χ3v) is 2.85. The molecule has 17 heavy (non-hydrogen) atoms. The number of aliphatic hydroxyl groups is 1. The van der Waals surface area contributed by atoms with Gasteiger partial charge in [0.25, 0.3) is 0 Å². The molecule has 1 aromatic carbocycles. The van der Waals surface area contributed by atoms with Crippen LogP contribution in [0.2, 0.25) is 0 Å². The molecule has 2 N–H and O–H groups in total. The van der Waals surface area contributed by atoms with Gasteiger partial charge in [0, 0.05) is 24.6 Å². The Morgan fingerprint density at radius 3 is 2.41 bits per heavy atom. The second kappa shape index (κ2) is 5.81. The Labute approximate surface area is 103 Å². The van der Waals surface area contributed by atoms with E-state index in [-0.39, 0.29) is 18.1 Å². The van der Waals surface area contributed by atoms with Crippen LogP contribution >= 0.6 is 0 Å². The molecule has 0 aliphatic rings. The number of hydrogen-bond donors (Lipinski definition) is 2. The Kier molecular flexibility index (Phi) is 4.68. The maximum Gasteiger partial charge on any atom is 0.0991 e. The Hall–Kier alpha value is -1.37. The summed E-state index contributed by atoms with van der Waals surface area (Å²) in [6.45, 7) is 7.04. The van der Waals surface area contributed by atoms with E-state index < -0.39 is 0 Å². The lowest BCUT2D eigenvalue weighted by molar-refractivity contribution is 0.154. The van der Waals surface area contributed by atoms with E-state index in [0.29, 0.717) is 5.56 Å². The van der Waals surface area contributed by atoms with Gasteiger partial charge >= 0.3 is 0 Å². The molecule has 0 fully saturated rings. The van der Waals surface area contributed by atoms with Gasteiger partial charge in [-0.2, -0.15) is 5.26 Å². The highest BCUT2D eigenvalue weighted by molar-refractivity contribution is 5.32. The molecule has 0 aliphatic heterocycles. The first-order valence-corrected chi connectivity index (χ1v) is 5.83. The van der Waals surface area contributed by atoms with Crippen molar-refractivity contribution in [1.82, 2.24) is 5.32 Å². The minimum absolute atomic E-state index is 0.110. The summed E-state index contributed by atoms with van der Waals surface area (Å²) >= 11 is 0. The molecule has 0 aliphatic carbocycles. The van der Waals surface area contributed by atoms with E-state index in [2.05, 4.69) is 18.3 Å². The summed E-state index contributed by atoms with van der Waals surface area (Å²) in [7, 11) is 0. The minimum Gasteiger partial charge on any atom is -0.396 e. The molecule has 3 nitrogen and oxygen atoms in total. The van der Waals surface area contributed by atoms with Gasteiger partial charge in [0.2, 0.25) is 0 Å². The number of nitriles is 1. The third-order valence-electron chi connectivity index (χ3n) is 2.85. The van der Waals surface area contributed by atoms with Crippen molar-refractivity contribution in [3.8, 4) is 6.07 Å². The molecule has 1 rings (SSSR count). The van der Waals surface area contributed by atoms with Crippen LogP contribution in [0.4, 0.5) is 0 Å². The van der Waals surface area contributed by atoms with Gasteiger partial charge in [-0.25, -0.2) is 0 Å². The molecular formula is C14H20N2O. The number of benzene rings is 1. The maximum atomic E-state index is 9.17. The van der Waals surface area contributed by atoms with E-state index in [0.717, 1.165) is 12.1 Å². The van der Waals surface area contributed by atoms with Crippen LogP contribution in [0.5, 0.6) is 0 Å². The van der Waals surface area contributed by atoms with Crippen LogP contribution in [0.25, 0.3) is 0 Å². The lowest BCUT2D eigenvalue weighted by atomic mass is 9.94. The fourth-order valence-corrected chi connectivity index (χ4v) is 1.45. The van der Waals surface area contributed by atoms with Crippen molar-refractivity contribution in [2.45, 2.75) is 26.8 Å². The largest absolute Gasteiger partial charge is 0.396 e. The fourth-order valence-electron chi connectivity index (χ4n) is 1.45. The highest BCUT2D eigenvalue weighted by atomic mass is 16.3. The third kappa shape index (κ3) is 4.18. The molecule has 3 heteroatoms. The lowest BCUT2D eigenvalue weighted by Gasteiger charge is -2.25. The molecule has 1 unspecified atom stereocenters. The van der Waals surface area contributed by atoms with Crippen molar-refractivity contribution >= 4 is 0 Å². The molecule has 0 saturated heterocycles. The zero-order valence-corrected chi connectivity index (χ0v) is 10.7. The smallest absolute Gasteiger partial charge is 0.0991 e. The fraction of sp³-hybridized carbons (Fsp3) is 0.500. The van der Waals surface area contributed by atoms with Crippen LogP contribution in [0, 0.1) is 16.7 Å². The van der Waals surface area contributed by atoms with Gasteiger partial charge in [0.05, 0.1) is 11.6 Å². The molecule has 0 heterocycles. The average Bonchev–Trinajstić information content (AvgIpc) is 2.36. The molecule has 0 amide bonds. The minimum atomic E-state index is -0.110. The van der Waals surface area contributed by atoms with Crippen LogP contribution in [0.3, 0.4) is 0 Å². The first-order valence-electron chi connectivity index (χ1n) is 5.83. The molecule has 92 valence electrons. The summed E-state index contributed by atoms with van der Waals surface area (Å²) in [6.07, 6.45) is 0. The van der Waals surface area contributed by atoms with E-state index in [9.17, 15) is 0 Å². The summed E-state index contributed by atoms with van der Waals surface area (Å²) in [5.41, 5.74) is 1.72. The average molecular weight is 232 g/mol. The Bertz CT molecular complexity index is 390. The summed E-state index contributed by atoms with van der Waals surface area (Å²) in [4.78, 5) is 0. The van der Waals surface area contributed by atoms with Gasteiger partial charge in [0.15, 0.2) is 0 Å². The van der Waals surface area contributed by atoms with Crippen molar-refractivity contribution in [2.24, 2.45) is 5.41 Å². The molecule has 0 aromatic heterocycles. The molecule has 0 radical (unpaired) electrons. The van der Waals surface area contributed by atoms with Gasteiger partial charge < -0.3 is 10.4 Å². The van der Waals surface area contributed by atoms with Crippen molar-refractivity contribution in [3.63, 3.8) is 0 Å². The normalized spacial score (nSPS) is 13.1. The van der Waals surface area contributed by atoms with E-state index in [4.69, 9.17) is 10.4 Å². The lowest BCUT2D eigenvalue weighted by Crippen LogP contribution is -2.33. The molecule has 0 saturated carbocycles. The van der Waals surface area contributed by atoms with Crippen LogP contribution in [0.1, 0.15) is 37.9 Å². The SMILES string of the molecule is CC(NCC(C)(C)CO)c1ccc(C#N)cc1. The maximum absolute atomic E-state index is 9.17. The predicted octanol–water partition coefficient (Wildman–Crippen LogP) is 2.23. The van der Waals surface area contributed by atoms with Crippen molar-refractivity contribution in [2.75, 3.05) is 13.2 Å². The number of aliphatic hydroxyl groups excluding tert-OH is 1. The molecule has 1 atom stereocenters. The second-order valence-electron chi connectivity index (χ2n) is 5.16. The zero-order chi connectivity index (χ0) is 12.9. The molecular weight excluding hydrogens is 212 g/mol. The van der Waals surface area contributed by atoms with Gasteiger partial charge in [0.1, 0.15) is 0 Å².